The molecule has 0 aromatic heterocycles. The van der Waals surface area contributed by atoms with Crippen LogP contribution < -0.4 is 10.1 Å². The Hall–Kier alpha value is -2.30. The van der Waals surface area contributed by atoms with Crippen molar-refractivity contribution in [3.05, 3.63) is 56.8 Å². The number of carboxylic acid groups (broad SMARTS) is 1. The number of nitrogens with one attached hydrogen (secondary N) is 1. The van der Waals surface area contributed by atoms with Crippen LogP contribution in [0.15, 0.2) is 34.8 Å². The van der Waals surface area contributed by atoms with Gasteiger partial charge in [0.05, 0.1) is 16.1 Å². The summed E-state index contributed by atoms with van der Waals surface area (Å²) in [5, 5.41) is 19.9. The summed E-state index contributed by atoms with van der Waals surface area (Å²) in [6, 6.07) is 9.20. The number of hydrogen-bond donors (Lipinski definition) is 2. The number of halogens is 3. The maximum atomic E-state index is 14.5. The van der Waals surface area contributed by atoms with Crippen LogP contribution in [-0.2, 0) is 6.54 Å². The largest absolute Gasteiger partial charge is 0.465 e. The Morgan fingerprint density at radius 3 is 2.83 bits per heavy atom. The number of benzene rings is 2. The summed E-state index contributed by atoms with van der Waals surface area (Å²) in [6.07, 6.45) is -1.26. The van der Waals surface area contributed by atoms with Crippen LogP contribution in [0.4, 0.5) is 9.18 Å². The van der Waals surface area contributed by atoms with E-state index in [1.54, 1.807) is 0 Å². The average molecular weight is 400 g/mol. The second kappa shape index (κ2) is 7.31. The number of rotatable bonds is 4. The van der Waals surface area contributed by atoms with Crippen LogP contribution in [0.25, 0.3) is 0 Å². The molecule has 0 aliphatic rings. The summed E-state index contributed by atoms with van der Waals surface area (Å²) >= 11 is 9.05. The first-order valence-corrected chi connectivity index (χ1v) is 7.40. The molecule has 0 aliphatic carbocycles. The van der Waals surface area contributed by atoms with E-state index >= 15 is 0 Å². The Kier molecular flexibility index (Phi) is 5.42. The van der Waals surface area contributed by atoms with Crippen molar-refractivity contribution in [1.29, 1.82) is 5.26 Å². The molecule has 0 fully saturated rings. The molecule has 0 saturated heterocycles. The predicted octanol–water partition coefficient (Wildman–Crippen LogP) is 4.67. The Balaban J connectivity index is 2.36. The van der Waals surface area contributed by atoms with Gasteiger partial charge in [0.2, 0.25) is 0 Å². The first-order chi connectivity index (χ1) is 10.9. The molecule has 0 radical (unpaired) electrons. The minimum absolute atomic E-state index is 0.119. The minimum atomic E-state index is -1.26. The number of amides is 1. The third-order valence-corrected chi connectivity index (χ3v) is 3.62. The second-order valence-electron chi connectivity index (χ2n) is 4.40. The molecular weight excluding hydrogens is 391 g/mol. The third-order valence-electron chi connectivity index (χ3n) is 2.78. The molecule has 0 atom stereocenters. The van der Waals surface area contributed by atoms with E-state index in [2.05, 4.69) is 21.2 Å². The Labute approximate surface area is 144 Å². The molecule has 2 N–H and O–H groups in total. The Morgan fingerprint density at radius 2 is 2.17 bits per heavy atom. The molecule has 0 unspecified atom stereocenters. The molecule has 2 aromatic carbocycles. The standard InChI is InChI=1S/C15H9BrClFN2O3/c16-12-2-1-9(7-20-15(21)22)13(18)14(12)23-11-4-8(6-19)3-10(17)5-11/h1-5,20H,7H2,(H,21,22). The summed E-state index contributed by atoms with van der Waals surface area (Å²) in [7, 11) is 0. The smallest absolute Gasteiger partial charge is 0.404 e. The fraction of sp³-hybridized carbons (Fsp3) is 0.0667. The van der Waals surface area contributed by atoms with Crippen LogP contribution in [-0.4, -0.2) is 11.2 Å². The van der Waals surface area contributed by atoms with Crippen molar-refractivity contribution in [2.45, 2.75) is 6.54 Å². The fourth-order valence-corrected chi connectivity index (χ4v) is 2.39. The van der Waals surface area contributed by atoms with E-state index < -0.39 is 11.9 Å². The predicted molar refractivity (Wildman–Crippen MR) is 85.2 cm³/mol. The molecular formula is C15H9BrClFN2O3. The van der Waals surface area contributed by atoms with Gasteiger partial charge < -0.3 is 15.2 Å². The van der Waals surface area contributed by atoms with E-state index in [1.807, 2.05) is 6.07 Å². The van der Waals surface area contributed by atoms with Crippen molar-refractivity contribution < 1.29 is 19.0 Å². The Bertz CT molecular complexity index is 808. The van der Waals surface area contributed by atoms with Crippen LogP contribution in [0.1, 0.15) is 11.1 Å². The van der Waals surface area contributed by atoms with Gasteiger partial charge in [0.25, 0.3) is 0 Å². The van der Waals surface area contributed by atoms with Gasteiger partial charge in [-0.3, -0.25) is 0 Å². The summed E-state index contributed by atoms with van der Waals surface area (Å²) in [6.45, 7) is -0.205. The molecule has 0 bridgehead atoms. The molecule has 118 valence electrons. The van der Waals surface area contributed by atoms with Gasteiger partial charge in [-0.05, 0) is 40.2 Å². The first kappa shape index (κ1) is 17.1. The molecule has 5 nitrogen and oxygen atoms in total. The zero-order valence-electron chi connectivity index (χ0n) is 11.4. The zero-order chi connectivity index (χ0) is 17.0. The molecule has 8 heteroatoms. The Morgan fingerprint density at radius 1 is 1.43 bits per heavy atom. The van der Waals surface area contributed by atoms with E-state index in [0.717, 1.165) is 0 Å². The lowest BCUT2D eigenvalue weighted by atomic mass is 10.2. The third kappa shape index (κ3) is 4.34. The molecule has 0 saturated carbocycles. The summed E-state index contributed by atoms with van der Waals surface area (Å²) < 4.78 is 20.3. The normalized spacial score (nSPS) is 10.0. The molecule has 1 amide bonds. The van der Waals surface area contributed by atoms with Crippen molar-refractivity contribution >= 4 is 33.6 Å². The summed E-state index contributed by atoms with van der Waals surface area (Å²) in [5.74, 6) is -0.649. The van der Waals surface area contributed by atoms with Crippen LogP contribution in [0.3, 0.4) is 0 Å². The highest BCUT2D eigenvalue weighted by atomic mass is 79.9. The molecule has 0 heterocycles. The van der Waals surface area contributed by atoms with E-state index in [1.165, 1.54) is 30.3 Å². The topological polar surface area (TPSA) is 82.3 Å². The van der Waals surface area contributed by atoms with E-state index in [-0.39, 0.29) is 34.2 Å². The van der Waals surface area contributed by atoms with Gasteiger partial charge in [-0.1, -0.05) is 17.7 Å². The molecule has 0 aliphatic heterocycles. The van der Waals surface area contributed by atoms with E-state index in [0.29, 0.717) is 4.47 Å². The van der Waals surface area contributed by atoms with Gasteiger partial charge in [-0.25, -0.2) is 9.18 Å². The number of hydrogen-bond acceptors (Lipinski definition) is 3. The van der Waals surface area contributed by atoms with Gasteiger partial charge >= 0.3 is 6.09 Å². The zero-order valence-corrected chi connectivity index (χ0v) is 13.8. The van der Waals surface area contributed by atoms with Gasteiger partial charge in [-0.15, -0.1) is 0 Å². The van der Waals surface area contributed by atoms with E-state index in [9.17, 15) is 9.18 Å². The highest BCUT2D eigenvalue weighted by Gasteiger charge is 2.15. The van der Waals surface area contributed by atoms with Gasteiger partial charge in [0, 0.05) is 17.1 Å². The fourth-order valence-electron chi connectivity index (χ4n) is 1.78. The number of carbonyl (C=O) groups is 1. The van der Waals surface area contributed by atoms with Crippen molar-refractivity contribution in [2.75, 3.05) is 0 Å². The molecule has 2 aromatic rings. The lowest BCUT2D eigenvalue weighted by molar-refractivity contribution is 0.194. The number of nitriles is 1. The van der Waals surface area contributed by atoms with Crippen molar-refractivity contribution in [3.8, 4) is 17.6 Å². The van der Waals surface area contributed by atoms with Crippen LogP contribution in [0.2, 0.25) is 5.02 Å². The van der Waals surface area contributed by atoms with Crippen molar-refractivity contribution in [1.82, 2.24) is 5.32 Å². The van der Waals surface area contributed by atoms with Crippen molar-refractivity contribution in [3.63, 3.8) is 0 Å². The molecule has 2 rings (SSSR count). The van der Waals surface area contributed by atoms with Gasteiger partial charge in [0.1, 0.15) is 5.75 Å². The SMILES string of the molecule is N#Cc1cc(Cl)cc(Oc2c(Br)ccc(CNC(=O)O)c2F)c1. The monoisotopic (exact) mass is 398 g/mol. The van der Waals surface area contributed by atoms with Crippen LogP contribution >= 0.6 is 27.5 Å². The lowest BCUT2D eigenvalue weighted by Crippen LogP contribution is -2.20. The number of nitrogens with zero attached hydrogens (tertiary/aromatic N) is 1. The summed E-state index contributed by atoms with van der Waals surface area (Å²) in [4.78, 5) is 10.5. The van der Waals surface area contributed by atoms with Gasteiger partial charge in [0.15, 0.2) is 11.6 Å². The van der Waals surface area contributed by atoms with Crippen LogP contribution in [0, 0.1) is 17.1 Å². The first-order valence-electron chi connectivity index (χ1n) is 6.23. The van der Waals surface area contributed by atoms with Crippen LogP contribution in [0.5, 0.6) is 11.5 Å². The average Bonchev–Trinajstić information content (AvgIpc) is 2.50. The highest BCUT2D eigenvalue weighted by molar-refractivity contribution is 9.10. The minimum Gasteiger partial charge on any atom is -0.465 e. The molecule has 0 spiro atoms. The van der Waals surface area contributed by atoms with Gasteiger partial charge in [-0.2, -0.15) is 5.26 Å². The maximum absolute atomic E-state index is 14.5. The quantitative estimate of drug-likeness (QED) is 0.782. The number of ether oxygens (including phenoxy) is 1. The highest BCUT2D eigenvalue weighted by Crippen LogP contribution is 2.35. The molecule has 23 heavy (non-hydrogen) atoms. The second-order valence-corrected chi connectivity index (χ2v) is 5.69. The lowest BCUT2D eigenvalue weighted by Gasteiger charge is -2.12. The summed E-state index contributed by atoms with van der Waals surface area (Å²) in [5.41, 5.74) is 0.390. The van der Waals surface area contributed by atoms with E-state index in [4.69, 9.17) is 26.7 Å². The maximum Gasteiger partial charge on any atom is 0.404 e. The van der Waals surface area contributed by atoms with Crippen molar-refractivity contribution in [2.24, 2.45) is 0 Å².